The zero-order valence-corrected chi connectivity index (χ0v) is 13.5. The van der Waals surface area contributed by atoms with Crippen LogP contribution in [0.25, 0.3) is 0 Å². The Balaban J connectivity index is 1.57. The predicted octanol–water partition coefficient (Wildman–Crippen LogP) is 0.961. The van der Waals surface area contributed by atoms with E-state index in [2.05, 4.69) is 5.32 Å². The van der Waals surface area contributed by atoms with Crippen LogP contribution >= 0.6 is 0 Å². The highest BCUT2D eigenvalue weighted by Gasteiger charge is 2.37. The predicted molar refractivity (Wildman–Crippen MR) is 89.3 cm³/mol. The Morgan fingerprint density at radius 2 is 1.78 bits per heavy atom. The van der Waals surface area contributed by atoms with E-state index in [4.69, 9.17) is 5.73 Å². The van der Waals surface area contributed by atoms with Crippen molar-refractivity contribution in [3.05, 3.63) is 29.8 Å². The number of hydrogen-bond donors (Lipinski definition) is 3. The molecular weight excluding hydrogens is 290 g/mol. The van der Waals surface area contributed by atoms with E-state index in [-0.39, 0.29) is 5.91 Å². The molecule has 5 heteroatoms. The molecule has 124 valence electrons. The third-order valence-corrected chi connectivity index (χ3v) is 5.35. The first-order valence-corrected chi connectivity index (χ1v) is 8.68. The van der Waals surface area contributed by atoms with Crippen molar-refractivity contribution in [3.8, 4) is 0 Å². The van der Waals surface area contributed by atoms with Crippen LogP contribution in [0.2, 0.25) is 0 Å². The van der Waals surface area contributed by atoms with Crippen LogP contribution in [0.15, 0.2) is 24.3 Å². The second-order valence-electron chi connectivity index (χ2n) is 6.87. The highest BCUT2D eigenvalue weighted by Crippen LogP contribution is 2.28. The summed E-state index contributed by atoms with van der Waals surface area (Å²) in [6, 6.07) is 7.41. The van der Waals surface area contributed by atoms with Gasteiger partial charge in [-0.15, -0.1) is 0 Å². The van der Waals surface area contributed by atoms with Crippen LogP contribution in [-0.2, 0) is 4.79 Å². The molecule has 5 nitrogen and oxygen atoms in total. The number of hydrogen-bond acceptors (Lipinski definition) is 2. The molecule has 4 N–H and O–H groups in total. The lowest BCUT2D eigenvalue weighted by molar-refractivity contribution is -0.928. The average molecular weight is 316 g/mol. The van der Waals surface area contributed by atoms with Crippen LogP contribution in [-0.4, -0.2) is 30.9 Å². The first kappa shape index (κ1) is 16.0. The molecule has 1 unspecified atom stereocenters. The monoisotopic (exact) mass is 316 g/mol. The number of benzene rings is 1. The maximum Gasteiger partial charge on any atom is 0.279 e. The van der Waals surface area contributed by atoms with Gasteiger partial charge in [-0.2, -0.15) is 0 Å². The molecule has 1 aliphatic carbocycles. The van der Waals surface area contributed by atoms with Gasteiger partial charge in [0.2, 0.25) is 5.91 Å². The van der Waals surface area contributed by atoms with Gasteiger partial charge in [0.15, 0.2) is 6.54 Å². The van der Waals surface area contributed by atoms with Gasteiger partial charge in [-0.1, -0.05) is 6.42 Å². The molecule has 0 spiro atoms. The quantitative estimate of drug-likeness (QED) is 0.774. The van der Waals surface area contributed by atoms with Crippen LogP contribution in [0.1, 0.15) is 48.9 Å². The number of anilines is 1. The minimum atomic E-state index is -0.455. The third kappa shape index (κ3) is 3.91. The highest BCUT2D eigenvalue weighted by molar-refractivity contribution is 5.95. The van der Waals surface area contributed by atoms with Crippen molar-refractivity contribution in [2.24, 2.45) is 11.7 Å². The molecule has 3 rings (SSSR count). The standard InChI is InChI=1S/C18H25N3O2/c19-18(23)14-7-9-15(10-8-14)20-17(22)12-21-11-3-5-13-4-1-2-6-16(13)21/h7-10,13,16H,1-6,11-12H2,(H2,19,23)(H,20,22)/p+1/t13-,16-/m0/s1. The van der Waals surface area contributed by atoms with Gasteiger partial charge in [-0.25, -0.2) is 0 Å². The lowest BCUT2D eigenvalue weighted by Crippen LogP contribution is -3.18. The number of nitrogens with one attached hydrogen (secondary N) is 2. The van der Waals surface area contributed by atoms with Crippen molar-refractivity contribution in [1.82, 2.24) is 0 Å². The van der Waals surface area contributed by atoms with Gasteiger partial charge < -0.3 is 16.0 Å². The summed E-state index contributed by atoms with van der Waals surface area (Å²) in [5.74, 6) is 0.414. The molecule has 3 atom stereocenters. The van der Waals surface area contributed by atoms with Gasteiger partial charge in [0.05, 0.1) is 12.6 Å². The Bertz CT molecular complexity index is 568. The molecule has 0 aromatic heterocycles. The number of fused-ring (bicyclic) bond motifs is 1. The van der Waals surface area contributed by atoms with Gasteiger partial charge in [0.25, 0.3) is 5.91 Å². The summed E-state index contributed by atoms with van der Waals surface area (Å²) < 4.78 is 0. The minimum absolute atomic E-state index is 0.0537. The van der Waals surface area contributed by atoms with Gasteiger partial charge in [0, 0.05) is 17.2 Å². The fourth-order valence-corrected chi connectivity index (χ4v) is 4.22. The molecule has 1 heterocycles. The van der Waals surface area contributed by atoms with Crippen LogP contribution in [0.3, 0.4) is 0 Å². The second kappa shape index (κ2) is 7.13. The summed E-state index contributed by atoms with van der Waals surface area (Å²) in [5.41, 5.74) is 6.39. The lowest BCUT2D eigenvalue weighted by Gasteiger charge is -2.40. The third-order valence-electron chi connectivity index (χ3n) is 5.35. The van der Waals surface area contributed by atoms with E-state index in [0.717, 1.165) is 18.2 Å². The number of carbonyl (C=O) groups excluding carboxylic acids is 2. The molecule has 2 amide bonds. The molecular formula is C18H26N3O2+. The molecule has 1 aromatic rings. The van der Waals surface area contributed by atoms with Crippen LogP contribution in [0.5, 0.6) is 0 Å². The first-order chi connectivity index (χ1) is 11.1. The maximum absolute atomic E-state index is 12.4. The van der Waals surface area contributed by atoms with E-state index in [0.29, 0.717) is 18.2 Å². The Morgan fingerprint density at radius 1 is 1.09 bits per heavy atom. The van der Waals surface area contributed by atoms with E-state index in [9.17, 15) is 9.59 Å². The van der Waals surface area contributed by atoms with E-state index < -0.39 is 5.91 Å². The first-order valence-electron chi connectivity index (χ1n) is 8.68. The van der Waals surface area contributed by atoms with E-state index in [1.54, 1.807) is 24.3 Å². The smallest absolute Gasteiger partial charge is 0.279 e. The summed E-state index contributed by atoms with van der Waals surface area (Å²) in [7, 11) is 0. The number of piperidine rings is 1. The van der Waals surface area contributed by atoms with Gasteiger partial charge >= 0.3 is 0 Å². The second-order valence-corrected chi connectivity index (χ2v) is 6.87. The summed E-state index contributed by atoms with van der Waals surface area (Å²) in [5, 5.41) is 2.94. The SMILES string of the molecule is NC(=O)c1ccc(NC(=O)C[NH+]2CCC[C@@H]3CCCC[C@@H]32)cc1. The number of carbonyl (C=O) groups is 2. The topological polar surface area (TPSA) is 76.6 Å². The molecule has 0 bridgehead atoms. The Hall–Kier alpha value is -1.88. The largest absolute Gasteiger partial charge is 0.366 e. The number of quaternary nitrogens is 1. The van der Waals surface area contributed by atoms with Gasteiger partial charge in [-0.05, 0) is 56.4 Å². The highest BCUT2D eigenvalue weighted by atomic mass is 16.2. The van der Waals surface area contributed by atoms with Crippen LogP contribution < -0.4 is 16.0 Å². The molecule has 1 aliphatic heterocycles. The van der Waals surface area contributed by atoms with Crippen molar-refractivity contribution in [1.29, 1.82) is 0 Å². The fourth-order valence-electron chi connectivity index (χ4n) is 4.22. The number of likely N-dealkylation sites (tertiary alicyclic amines) is 1. The summed E-state index contributed by atoms with van der Waals surface area (Å²) in [6.07, 6.45) is 7.83. The number of nitrogens with two attached hydrogens (primary N) is 1. The van der Waals surface area contributed by atoms with E-state index >= 15 is 0 Å². The Labute approximate surface area is 137 Å². The van der Waals surface area contributed by atoms with Crippen LogP contribution in [0.4, 0.5) is 5.69 Å². The maximum atomic E-state index is 12.4. The molecule has 1 aromatic carbocycles. The van der Waals surface area contributed by atoms with Crippen LogP contribution in [0, 0.1) is 5.92 Å². The van der Waals surface area contributed by atoms with Gasteiger partial charge in [0.1, 0.15) is 0 Å². The van der Waals surface area contributed by atoms with E-state index in [1.807, 2.05) is 0 Å². The fraction of sp³-hybridized carbons (Fsp3) is 0.556. The number of rotatable bonds is 4. The summed E-state index contributed by atoms with van der Waals surface area (Å²) in [4.78, 5) is 24.9. The van der Waals surface area contributed by atoms with Gasteiger partial charge in [-0.3, -0.25) is 9.59 Å². The molecule has 0 radical (unpaired) electrons. The molecule has 2 fully saturated rings. The zero-order chi connectivity index (χ0) is 16.2. The lowest BCUT2D eigenvalue weighted by atomic mass is 9.78. The summed E-state index contributed by atoms with van der Waals surface area (Å²) >= 11 is 0. The zero-order valence-electron chi connectivity index (χ0n) is 13.5. The van der Waals surface area contributed by atoms with Crippen molar-refractivity contribution in [3.63, 3.8) is 0 Å². The molecule has 2 aliphatic rings. The molecule has 1 saturated heterocycles. The van der Waals surface area contributed by atoms with Crippen molar-refractivity contribution in [2.75, 3.05) is 18.4 Å². The minimum Gasteiger partial charge on any atom is -0.366 e. The Kier molecular flexibility index (Phi) is 4.96. The van der Waals surface area contributed by atoms with Crippen molar-refractivity contribution in [2.45, 2.75) is 44.6 Å². The van der Waals surface area contributed by atoms with Crippen molar-refractivity contribution < 1.29 is 14.5 Å². The normalized spacial score (nSPS) is 27.0. The average Bonchev–Trinajstić information content (AvgIpc) is 2.55. The number of primary amides is 1. The molecule has 23 heavy (non-hydrogen) atoms. The number of amides is 2. The Morgan fingerprint density at radius 3 is 2.52 bits per heavy atom. The molecule has 1 saturated carbocycles. The van der Waals surface area contributed by atoms with Crippen molar-refractivity contribution >= 4 is 17.5 Å². The van der Waals surface area contributed by atoms with E-state index in [1.165, 1.54) is 43.4 Å². The summed E-state index contributed by atoms with van der Waals surface area (Å²) in [6.45, 7) is 1.65.